The van der Waals surface area contributed by atoms with Crippen molar-refractivity contribution in [3.63, 3.8) is 0 Å². The van der Waals surface area contributed by atoms with Gasteiger partial charge in [0.05, 0.1) is 31.3 Å². The van der Waals surface area contributed by atoms with Crippen LogP contribution < -0.4 is 15.4 Å². The van der Waals surface area contributed by atoms with Crippen LogP contribution in [0.15, 0.2) is 34.9 Å². The number of hydrogen-bond donors (Lipinski definition) is 1. The summed E-state index contributed by atoms with van der Waals surface area (Å²) in [6.45, 7) is 0.622. The maximum atomic E-state index is 13.6. The van der Waals surface area contributed by atoms with E-state index in [1.165, 1.54) is 13.2 Å². The van der Waals surface area contributed by atoms with Crippen LogP contribution >= 0.6 is 0 Å². The Kier molecular flexibility index (Phi) is 3.26. The van der Waals surface area contributed by atoms with Gasteiger partial charge in [0.1, 0.15) is 5.76 Å². The first kappa shape index (κ1) is 12.8. The Morgan fingerprint density at radius 3 is 2.85 bits per heavy atom. The van der Waals surface area contributed by atoms with Crippen LogP contribution in [0.25, 0.3) is 0 Å². The highest BCUT2D eigenvalue weighted by atomic mass is 19.1. The molecule has 1 fully saturated rings. The lowest BCUT2D eigenvalue weighted by Gasteiger charge is -2.25. The van der Waals surface area contributed by atoms with Gasteiger partial charge in [-0.3, -0.25) is 0 Å². The van der Waals surface area contributed by atoms with Gasteiger partial charge in [-0.25, -0.2) is 4.39 Å². The average Bonchev–Trinajstić information content (AvgIpc) is 3.14. The SMILES string of the molecule is COc1cc(N(Cc2ccco2)C2CC2)c(N)cc1F. The number of halogens is 1. The van der Waals surface area contributed by atoms with Crippen LogP contribution in [-0.2, 0) is 6.54 Å². The molecule has 0 unspecified atom stereocenters. The van der Waals surface area contributed by atoms with Gasteiger partial charge in [-0.15, -0.1) is 0 Å². The van der Waals surface area contributed by atoms with Gasteiger partial charge in [0.25, 0.3) is 0 Å². The summed E-state index contributed by atoms with van der Waals surface area (Å²) in [5.41, 5.74) is 7.18. The molecule has 1 aliphatic carbocycles. The zero-order valence-electron chi connectivity index (χ0n) is 11.3. The Labute approximate surface area is 116 Å². The number of benzene rings is 1. The normalized spacial score (nSPS) is 14.3. The van der Waals surface area contributed by atoms with Crippen LogP contribution in [0.3, 0.4) is 0 Å². The van der Waals surface area contributed by atoms with Crippen LogP contribution in [0.2, 0.25) is 0 Å². The van der Waals surface area contributed by atoms with Crippen molar-refractivity contribution in [1.29, 1.82) is 0 Å². The predicted octanol–water partition coefficient (Wildman–Crippen LogP) is 3.18. The molecule has 1 saturated carbocycles. The minimum atomic E-state index is -0.442. The summed E-state index contributed by atoms with van der Waals surface area (Å²) in [6.07, 6.45) is 3.87. The molecule has 106 valence electrons. The molecule has 0 bridgehead atoms. The maximum absolute atomic E-state index is 13.6. The van der Waals surface area contributed by atoms with E-state index in [0.717, 1.165) is 24.3 Å². The summed E-state index contributed by atoms with van der Waals surface area (Å²) in [7, 11) is 1.45. The highest BCUT2D eigenvalue weighted by Crippen LogP contribution is 2.38. The third-order valence-electron chi connectivity index (χ3n) is 3.50. The van der Waals surface area contributed by atoms with Crippen molar-refractivity contribution in [3.05, 3.63) is 42.1 Å². The highest BCUT2D eigenvalue weighted by Gasteiger charge is 2.31. The second-order valence-corrected chi connectivity index (χ2v) is 4.98. The molecule has 0 amide bonds. The standard InChI is InChI=1S/C15H17FN2O2/c1-19-15-8-14(13(17)7-12(15)16)18(10-4-5-10)9-11-3-2-6-20-11/h2-3,6-8,10H,4-5,9,17H2,1H3. The summed E-state index contributed by atoms with van der Waals surface area (Å²) in [4.78, 5) is 2.15. The Morgan fingerprint density at radius 1 is 1.45 bits per heavy atom. The van der Waals surface area contributed by atoms with Crippen molar-refractivity contribution in [3.8, 4) is 5.75 Å². The zero-order chi connectivity index (χ0) is 14.1. The van der Waals surface area contributed by atoms with Gasteiger partial charge in [-0.05, 0) is 25.0 Å². The lowest BCUT2D eigenvalue weighted by atomic mass is 10.2. The van der Waals surface area contributed by atoms with Crippen molar-refractivity contribution in [2.24, 2.45) is 0 Å². The van der Waals surface area contributed by atoms with E-state index in [0.29, 0.717) is 18.3 Å². The van der Waals surface area contributed by atoms with E-state index >= 15 is 0 Å². The van der Waals surface area contributed by atoms with Crippen LogP contribution in [0.4, 0.5) is 15.8 Å². The number of nitrogens with zero attached hydrogens (tertiary/aromatic N) is 1. The van der Waals surface area contributed by atoms with E-state index < -0.39 is 5.82 Å². The van der Waals surface area contributed by atoms with Crippen molar-refractivity contribution in [2.75, 3.05) is 17.7 Å². The van der Waals surface area contributed by atoms with Crippen molar-refractivity contribution in [1.82, 2.24) is 0 Å². The number of nitrogens with two attached hydrogens (primary N) is 1. The lowest BCUT2D eigenvalue weighted by Crippen LogP contribution is -2.25. The zero-order valence-corrected chi connectivity index (χ0v) is 11.3. The molecule has 1 heterocycles. The fourth-order valence-corrected chi connectivity index (χ4v) is 2.33. The van der Waals surface area contributed by atoms with E-state index in [2.05, 4.69) is 4.90 Å². The molecule has 3 rings (SSSR count). The highest BCUT2D eigenvalue weighted by molar-refractivity contribution is 5.71. The fourth-order valence-electron chi connectivity index (χ4n) is 2.33. The molecule has 0 atom stereocenters. The van der Waals surface area contributed by atoms with Crippen LogP contribution in [-0.4, -0.2) is 13.2 Å². The molecule has 4 nitrogen and oxygen atoms in total. The predicted molar refractivity (Wildman–Crippen MR) is 75.3 cm³/mol. The first-order valence-electron chi connectivity index (χ1n) is 6.61. The van der Waals surface area contributed by atoms with Gasteiger partial charge >= 0.3 is 0 Å². The minimum absolute atomic E-state index is 0.208. The number of rotatable bonds is 5. The number of anilines is 2. The first-order chi connectivity index (χ1) is 9.69. The summed E-state index contributed by atoms with van der Waals surface area (Å²) >= 11 is 0. The molecule has 0 spiro atoms. The molecule has 0 aliphatic heterocycles. The molecule has 2 aromatic rings. The molecule has 1 aromatic heterocycles. The van der Waals surface area contributed by atoms with Crippen LogP contribution in [0, 0.1) is 5.82 Å². The van der Waals surface area contributed by atoms with E-state index in [9.17, 15) is 4.39 Å². The summed E-state index contributed by atoms with van der Waals surface area (Å²) in [5, 5.41) is 0. The van der Waals surface area contributed by atoms with Crippen LogP contribution in [0.5, 0.6) is 5.75 Å². The second-order valence-electron chi connectivity index (χ2n) is 4.98. The molecule has 5 heteroatoms. The Balaban J connectivity index is 1.94. The molecule has 2 N–H and O–H groups in total. The van der Waals surface area contributed by atoms with E-state index in [-0.39, 0.29) is 5.75 Å². The Morgan fingerprint density at radius 2 is 2.25 bits per heavy atom. The van der Waals surface area contributed by atoms with Crippen molar-refractivity contribution in [2.45, 2.75) is 25.4 Å². The topological polar surface area (TPSA) is 51.6 Å². The average molecular weight is 276 g/mol. The maximum Gasteiger partial charge on any atom is 0.167 e. The van der Waals surface area contributed by atoms with Crippen molar-refractivity contribution >= 4 is 11.4 Å². The van der Waals surface area contributed by atoms with Gasteiger partial charge in [0.2, 0.25) is 0 Å². The molecule has 1 aliphatic rings. The molecule has 0 radical (unpaired) electrons. The van der Waals surface area contributed by atoms with Gasteiger partial charge < -0.3 is 19.8 Å². The summed E-state index contributed by atoms with van der Waals surface area (Å²) in [5.74, 6) is 0.626. The summed E-state index contributed by atoms with van der Waals surface area (Å²) < 4.78 is 24.1. The van der Waals surface area contributed by atoms with Crippen LogP contribution in [0.1, 0.15) is 18.6 Å². The van der Waals surface area contributed by atoms with E-state index in [1.54, 1.807) is 12.3 Å². The molecule has 1 aromatic carbocycles. The fraction of sp³-hybridized carbons (Fsp3) is 0.333. The monoisotopic (exact) mass is 276 g/mol. The molecular formula is C15H17FN2O2. The van der Waals surface area contributed by atoms with E-state index in [4.69, 9.17) is 14.9 Å². The number of methoxy groups -OCH3 is 1. The van der Waals surface area contributed by atoms with Gasteiger partial charge in [0, 0.05) is 18.2 Å². The number of furan rings is 1. The molecule has 20 heavy (non-hydrogen) atoms. The summed E-state index contributed by atoms with van der Waals surface area (Å²) in [6, 6.07) is 7.18. The third kappa shape index (κ3) is 2.43. The van der Waals surface area contributed by atoms with Gasteiger partial charge in [0.15, 0.2) is 11.6 Å². The second kappa shape index (κ2) is 5.07. The number of hydrogen-bond acceptors (Lipinski definition) is 4. The van der Waals surface area contributed by atoms with Gasteiger partial charge in [-0.2, -0.15) is 0 Å². The largest absolute Gasteiger partial charge is 0.494 e. The van der Waals surface area contributed by atoms with Gasteiger partial charge in [-0.1, -0.05) is 0 Å². The smallest absolute Gasteiger partial charge is 0.167 e. The first-order valence-corrected chi connectivity index (χ1v) is 6.61. The Bertz CT molecular complexity index is 594. The quantitative estimate of drug-likeness (QED) is 0.852. The number of nitrogen functional groups attached to an aromatic ring is 1. The third-order valence-corrected chi connectivity index (χ3v) is 3.50. The molecular weight excluding hydrogens is 259 g/mol. The van der Waals surface area contributed by atoms with Crippen molar-refractivity contribution < 1.29 is 13.5 Å². The molecule has 0 saturated heterocycles. The lowest BCUT2D eigenvalue weighted by molar-refractivity contribution is 0.386. The minimum Gasteiger partial charge on any atom is -0.494 e. The Hall–Kier alpha value is -2.17. The number of ether oxygens (including phenoxy) is 1. The van der Waals surface area contributed by atoms with E-state index in [1.807, 2.05) is 12.1 Å².